The third kappa shape index (κ3) is 4.41. The van der Waals surface area contributed by atoms with Crippen molar-refractivity contribution in [2.45, 2.75) is 57.7 Å². The zero-order valence-electron chi connectivity index (χ0n) is 21.7. The molecule has 3 aromatic carbocycles. The second-order valence-electron chi connectivity index (χ2n) is 10.9. The molecule has 1 heterocycles. The standard InChI is InChI=1S/C32H32N2O4/c1-37-29-15-30(38-19-22-9-5-10-23(26(22)17-33)21-7-3-2-4-8-21)25-12-6-11-24(25)27(29)18-34-20-32(13-14-32)16-28(34)31(35)36/h2-5,7-10,15,28H,6,11-14,16,18-20H2,1H3,(H,35,36). The predicted octanol–water partition coefficient (Wildman–Crippen LogP) is 5.74. The summed E-state index contributed by atoms with van der Waals surface area (Å²) in [6.07, 6.45) is 5.89. The quantitative estimate of drug-likeness (QED) is 0.418. The molecule has 1 spiro atoms. The second-order valence-corrected chi connectivity index (χ2v) is 10.9. The van der Waals surface area contributed by atoms with E-state index < -0.39 is 12.0 Å². The van der Waals surface area contributed by atoms with Crippen LogP contribution in [-0.2, 0) is 30.8 Å². The van der Waals surface area contributed by atoms with Crippen LogP contribution in [0.1, 0.15) is 53.5 Å². The summed E-state index contributed by atoms with van der Waals surface area (Å²) >= 11 is 0. The molecule has 3 aliphatic rings. The molecule has 1 aliphatic heterocycles. The van der Waals surface area contributed by atoms with Crippen molar-refractivity contribution in [3.05, 3.63) is 82.4 Å². The highest BCUT2D eigenvalue weighted by Gasteiger charge is 2.54. The number of hydrogen-bond acceptors (Lipinski definition) is 5. The molecule has 0 radical (unpaired) electrons. The zero-order chi connectivity index (χ0) is 26.3. The van der Waals surface area contributed by atoms with Crippen molar-refractivity contribution >= 4 is 5.97 Å². The molecule has 194 valence electrons. The SMILES string of the molecule is COc1cc(OCc2cccc(-c3ccccc3)c2C#N)c2c(c1CN1CC3(CC3)CC1C(=O)O)CCC2. The molecular formula is C32H32N2O4. The lowest BCUT2D eigenvalue weighted by atomic mass is 9.96. The number of carboxylic acid groups (broad SMARTS) is 1. The van der Waals surface area contributed by atoms with Crippen LogP contribution in [-0.4, -0.2) is 35.7 Å². The Balaban J connectivity index is 1.29. The number of rotatable bonds is 8. The van der Waals surface area contributed by atoms with Gasteiger partial charge in [-0.1, -0.05) is 48.5 Å². The van der Waals surface area contributed by atoms with Crippen molar-refractivity contribution in [1.29, 1.82) is 5.26 Å². The Bertz CT molecular complexity index is 1420. The van der Waals surface area contributed by atoms with Gasteiger partial charge in [-0.25, -0.2) is 0 Å². The average Bonchev–Trinajstić information content (AvgIpc) is 3.33. The average molecular weight is 509 g/mol. The van der Waals surface area contributed by atoms with Gasteiger partial charge in [0.2, 0.25) is 0 Å². The van der Waals surface area contributed by atoms with E-state index in [-0.39, 0.29) is 12.0 Å². The van der Waals surface area contributed by atoms with Gasteiger partial charge in [0.25, 0.3) is 0 Å². The molecule has 3 aromatic rings. The summed E-state index contributed by atoms with van der Waals surface area (Å²) in [7, 11) is 1.67. The number of benzene rings is 3. The van der Waals surface area contributed by atoms with Gasteiger partial charge in [0.15, 0.2) is 0 Å². The number of methoxy groups -OCH3 is 1. The van der Waals surface area contributed by atoms with Crippen LogP contribution in [0.2, 0.25) is 0 Å². The van der Waals surface area contributed by atoms with Gasteiger partial charge in [-0.2, -0.15) is 5.26 Å². The summed E-state index contributed by atoms with van der Waals surface area (Å²) in [4.78, 5) is 14.2. The fraction of sp³-hybridized carbons (Fsp3) is 0.375. The molecule has 0 bridgehead atoms. The number of nitriles is 1. The molecule has 1 unspecified atom stereocenters. The highest BCUT2D eigenvalue weighted by molar-refractivity contribution is 5.74. The van der Waals surface area contributed by atoms with Gasteiger partial charge in [-0.3, -0.25) is 9.69 Å². The number of likely N-dealkylation sites (tertiary alicyclic amines) is 1. The number of aliphatic carboxylic acids is 1. The molecule has 6 heteroatoms. The Labute approximate surface area is 223 Å². The Kier molecular flexibility index (Phi) is 6.33. The molecule has 2 aliphatic carbocycles. The topological polar surface area (TPSA) is 82.8 Å². The summed E-state index contributed by atoms with van der Waals surface area (Å²) < 4.78 is 12.3. The lowest BCUT2D eigenvalue weighted by molar-refractivity contribution is -0.142. The third-order valence-electron chi connectivity index (χ3n) is 8.60. The maximum absolute atomic E-state index is 12.0. The Morgan fingerprint density at radius 1 is 1.11 bits per heavy atom. The Morgan fingerprint density at radius 3 is 2.61 bits per heavy atom. The van der Waals surface area contributed by atoms with Crippen molar-refractivity contribution in [1.82, 2.24) is 4.90 Å². The minimum atomic E-state index is -0.727. The smallest absolute Gasteiger partial charge is 0.320 e. The molecule has 2 fully saturated rings. The third-order valence-corrected chi connectivity index (χ3v) is 8.60. The van der Waals surface area contributed by atoms with E-state index in [1.54, 1.807) is 7.11 Å². The summed E-state index contributed by atoms with van der Waals surface area (Å²) in [5.41, 5.74) is 7.10. The highest BCUT2D eigenvalue weighted by atomic mass is 16.5. The molecule has 1 saturated carbocycles. The molecule has 0 aromatic heterocycles. The molecule has 0 amide bonds. The minimum Gasteiger partial charge on any atom is -0.496 e. The van der Waals surface area contributed by atoms with E-state index in [4.69, 9.17) is 9.47 Å². The van der Waals surface area contributed by atoms with Crippen molar-refractivity contribution < 1.29 is 19.4 Å². The van der Waals surface area contributed by atoms with Gasteiger partial charge in [-0.15, -0.1) is 0 Å². The van der Waals surface area contributed by atoms with Crippen molar-refractivity contribution in [2.24, 2.45) is 5.41 Å². The van der Waals surface area contributed by atoms with Crippen LogP contribution in [0.25, 0.3) is 11.1 Å². The summed E-state index contributed by atoms with van der Waals surface area (Å²) in [5, 5.41) is 19.9. The molecule has 1 saturated heterocycles. The van der Waals surface area contributed by atoms with Crippen molar-refractivity contribution in [2.75, 3.05) is 13.7 Å². The number of fused-ring (bicyclic) bond motifs is 1. The van der Waals surface area contributed by atoms with Crippen LogP contribution >= 0.6 is 0 Å². The van der Waals surface area contributed by atoms with Gasteiger partial charge >= 0.3 is 5.97 Å². The first-order valence-corrected chi connectivity index (χ1v) is 13.4. The van der Waals surface area contributed by atoms with Crippen molar-refractivity contribution in [3.8, 4) is 28.7 Å². The molecular weight excluding hydrogens is 476 g/mol. The molecule has 38 heavy (non-hydrogen) atoms. The van der Waals surface area contributed by atoms with Crippen LogP contribution in [0, 0.1) is 16.7 Å². The first kappa shape index (κ1) is 24.5. The van der Waals surface area contributed by atoms with Crippen LogP contribution in [0.3, 0.4) is 0 Å². The summed E-state index contributed by atoms with van der Waals surface area (Å²) in [6.45, 7) is 1.71. The van der Waals surface area contributed by atoms with E-state index in [0.717, 1.165) is 78.8 Å². The van der Waals surface area contributed by atoms with E-state index in [1.165, 1.54) is 11.1 Å². The zero-order valence-corrected chi connectivity index (χ0v) is 21.7. The first-order valence-electron chi connectivity index (χ1n) is 13.4. The van der Waals surface area contributed by atoms with Gasteiger partial charge in [0.05, 0.1) is 12.7 Å². The largest absolute Gasteiger partial charge is 0.496 e. The maximum atomic E-state index is 12.0. The number of ether oxygens (including phenoxy) is 2. The lowest BCUT2D eigenvalue weighted by Gasteiger charge is -2.25. The number of carbonyl (C=O) groups is 1. The highest BCUT2D eigenvalue weighted by Crippen LogP contribution is 2.55. The minimum absolute atomic E-state index is 0.204. The Morgan fingerprint density at radius 2 is 1.89 bits per heavy atom. The molecule has 6 nitrogen and oxygen atoms in total. The van der Waals surface area contributed by atoms with Gasteiger partial charge in [0, 0.05) is 30.3 Å². The second kappa shape index (κ2) is 9.81. The molecule has 1 N–H and O–H groups in total. The number of carboxylic acids is 1. The fourth-order valence-corrected chi connectivity index (χ4v) is 6.44. The van der Waals surface area contributed by atoms with Gasteiger partial charge in [-0.05, 0) is 66.2 Å². The first-order chi connectivity index (χ1) is 18.5. The summed E-state index contributed by atoms with van der Waals surface area (Å²) in [5.74, 6) is 0.817. The normalized spacial score (nSPS) is 19.2. The van der Waals surface area contributed by atoms with Gasteiger partial charge in [0.1, 0.15) is 30.2 Å². The molecule has 6 rings (SSSR count). The van der Waals surface area contributed by atoms with Gasteiger partial charge < -0.3 is 14.6 Å². The number of hydrogen-bond donors (Lipinski definition) is 1. The van der Waals surface area contributed by atoms with E-state index in [1.807, 2.05) is 54.6 Å². The predicted molar refractivity (Wildman–Crippen MR) is 144 cm³/mol. The number of nitrogens with zero attached hydrogens (tertiary/aromatic N) is 2. The maximum Gasteiger partial charge on any atom is 0.320 e. The van der Waals surface area contributed by atoms with Crippen LogP contribution in [0.5, 0.6) is 11.5 Å². The molecule has 1 atom stereocenters. The van der Waals surface area contributed by atoms with E-state index in [2.05, 4.69) is 11.0 Å². The van der Waals surface area contributed by atoms with Crippen LogP contribution in [0.4, 0.5) is 0 Å². The fourth-order valence-electron chi connectivity index (χ4n) is 6.44. The Hall–Kier alpha value is -3.82. The monoisotopic (exact) mass is 508 g/mol. The van der Waals surface area contributed by atoms with Crippen molar-refractivity contribution in [3.63, 3.8) is 0 Å². The van der Waals surface area contributed by atoms with E-state index >= 15 is 0 Å². The van der Waals surface area contributed by atoms with E-state index in [9.17, 15) is 15.2 Å². The van der Waals surface area contributed by atoms with Crippen LogP contribution in [0.15, 0.2) is 54.6 Å². The summed E-state index contributed by atoms with van der Waals surface area (Å²) in [6, 6.07) is 19.8. The lowest BCUT2D eigenvalue weighted by Crippen LogP contribution is -2.35. The van der Waals surface area contributed by atoms with E-state index in [0.29, 0.717) is 12.1 Å². The van der Waals surface area contributed by atoms with Crippen LogP contribution < -0.4 is 9.47 Å².